The van der Waals surface area contributed by atoms with E-state index in [2.05, 4.69) is 4.57 Å². The van der Waals surface area contributed by atoms with Crippen molar-refractivity contribution in [1.82, 2.24) is 4.57 Å². The third kappa shape index (κ3) is 2.70. The van der Waals surface area contributed by atoms with Gasteiger partial charge in [-0.15, -0.1) is 0 Å². The van der Waals surface area contributed by atoms with E-state index in [-0.39, 0.29) is 0 Å². The van der Waals surface area contributed by atoms with Crippen molar-refractivity contribution in [2.24, 2.45) is 0 Å². The predicted octanol–water partition coefficient (Wildman–Crippen LogP) is 3.30. The van der Waals surface area contributed by atoms with Crippen LogP contribution in [-0.2, 0) is 11.3 Å². The molecule has 4 nitrogen and oxygen atoms in total. The number of aromatic carboxylic acids is 1. The number of aryl methyl sites for hydroxylation is 1. The lowest BCUT2D eigenvalue weighted by Gasteiger charge is -2.10. The maximum atomic E-state index is 11.0. The zero-order valence-electron chi connectivity index (χ0n) is 11.4. The molecule has 1 saturated heterocycles. The van der Waals surface area contributed by atoms with Gasteiger partial charge in [-0.2, -0.15) is 0 Å². The molecule has 0 saturated carbocycles. The van der Waals surface area contributed by atoms with Crippen molar-refractivity contribution in [3.05, 3.63) is 36.0 Å². The number of benzene rings is 1. The van der Waals surface area contributed by atoms with E-state index in [1.807, 2.05) is 18.3 Å². The average molecular weight is 273 g/mol. The minimum atomic E-state index is -0.876. The van der Waals surface area contributed by atoms with Gasteiger partial charge in [0.05, 0.1) is 11.7 Å². The van der Waals surface area contributed by atoms with Gasteiger partial charge in [0, 0.05) is 24.9 Å². The number of nitrogens with zero attached hydrogens (tertiary/aromatic N) is 1. The molecule has 0 amide bonds. The van der Waals surface area contributed by atoms with Crippen LogP contribution in [0.15, 0.2) is 30.5 Å². The van der Waals surface area contributed by atoms with Crippen LogP contribution in [0.25, 0.3) is 10.9 Å². The topological polar surface area (TPSA) is 51.5 Å². The monoisotopic (exact) mass is 273 g/mol. The van der Waals surface area contributed by atoms with Gasteiger partial charge < -0.3 is 14.4 Å². The molecule has 0 spiro atoms. The smallest absolute Gasteiger partial charge is 0.335 e. The van der Waals surface area contributed by atoms with Gasteiger partial charge in [-0.1, -0.05) is 6.07 Å². The molecular weight excluding hydrogens is 254 g/mol. The molecule has 1 aliphatic rings. The Morgan fingerprint density at radius 2 is 2.30 bits per heavy atom. The van der Waals surface area contributed by atoms with E-state index in [1.165, 1.54) is 12.8 Å². The molecule has 2 aromatic rings. The van der Waals surface area contributed by atoms with Gasteiger partial charge in [0.15, 0.2) is 0 Å². The molecule has 20 heavy (non-hydrogen) atoms. The second-order valence-corrected chi connectivity index (χ2v) is 5.37. The fourth-order valence-electron chi connectivity index (χ4n) is 2.87. The summed E-state index contributed by atoms with van der Waals surface area (Å²) in [6.45, 7) is 1.81. The van der Waals surface area contributed by atoms with Gasteiger partial charge >= 0.3 is 5.97 Å². The van der Waals surface area contributed by atoms with E-state index in [4.69, 9.17) is 9.84 Å². The molecular formula is C16H19NO3. The number of carboxylic acid groups (broad SMARTS) is 1. The van der Waals surface area contributed by atoms with Crippen LogP contribution in [0.3, 0.4) is 0 Å². The van der Waals surface area contributed by atoms with Crippen molar-refractivity contribution in [2.75, 3.05) is 6.61 Å². The number of fused-ring (bicyclic) bond motifs is 1. The van der Waals surface area contributed by atoms with Gasteiger partial charge in [0.25, 0.3) is 0 Å². The number of rotatable bonds is 5. The quantitative estimate of drug-likeness (QED) is 0.909. The number of hydrogen-bond acceptors (Lipinski definition) is 2. The molecule has 106 valence electrons. The summed E-state index contributed by atoms with van der Waals surface area (Å²) in [4.78, 5) is 11.0. The number of aromatic nitrogens is 1. The average Bonchev–Trinajstić information content (AvgIpc) is 3.08. The highest BCUT2D eigenvalue weighted by Gasteiger charge is 2.15. The molecule has 1 aromatic carbocycles. The predicted molar refractivity (Wildman–Crippen MR) is 77.1 cm³/mol. The summed E-state index contributed by atoms with van der Waals surface area (Å²) in [5.74, 6) is -0.876. The lowest BCUT2D eigenvalue weighted by atomic mass is 10.1. The normalized spacial score (nSPS) is 18.7. The van der Waals surface area contributed by atoms with Crippen molar-refractivity contribution >= 4 is 16.9 Å². The highest BCUT2D eigenvalue weighted by Crippen LogP contribution is 2.21. The summed E-state index contributed by atoms with van der Waals surface area (Å²) in [7, 11) is 0. The van der Waals surface area contributed by atoms with E-state index in [9.17, 15) is 4.79 Å². The lowest BCUT2D eigenvalue weighted by molar-refractivity contribution is 0.0697. The molecule has 1 atom stereocenters. The van der Waals surface area contributed by atoms with Crippen LogP contribution in [0, 0.1) is 0 Å². The van der Waals surface area contributed by atoms with Crippen molar-refractivity contribution in [1.29, 1.82) is 0 Å². The van der Waals surface area contributed by atoms with Gasteiger partial charge in [0.2, 0.25) is 0 Å². The maximum absolute atomic E-state index is 11.0. The Morgan fingerprint density at radius 3 is 3.05 bits per heavy atom. The van der Waals surface area contributed by atoms with E-state index < -0.39 is 5.97 Å². The van der Waals surface area contributed by atoms with Crippen LogP contribution >= 0.6 is 0 Å². The fourth-order valence-corrected chi connectivity index (χ4v) is 2.87. The summed E-state index contributed by atoms with van der Waals surface area (Å²) in [6, 6.07) is 7.31. The Morgan fingerprint density at radius 1 is 1.40 bits per heavy atom. The third-order valence-electron chi connectivity index (χ3n) is 3.97. The summed E-state index contributed by atoms with van der Waals surface area (Å²) < 4.78 is 7.76. The van der Waals surface area contributed by atoms with Crippen LogP contribution in [0.4, 0.5) is 0 Å². The SMILES string of the molecule is O=C(O)c1ccc2ccn(CCCC3CCCO3)c2c1. The zero-order valence-corrected chi connectivity index (χ0v) is 11.4. The Hall–Kier alpha value is -1.81. The Balaban J connectivity index is 1.70. The van der Waals surface area contributed by atoms with Crippen LogP contribution in [-0.4, -0.2) is 28.4 Å². The highest BCUT2D eigenvalue weighted by molar-refractivity contribution is 5.93. The van der Waals surface area contributed by atoms with Gasteiger partial charge in [0.1, 0.15) is 0 Å². The number of carboxylic acids is 1. The van der Waals surface area contributed by atoms with E-state index in [0.29, 0.717) is 11.7 Å². The minimum absolute atomic E-state index is 0.344. The Bertz CT molecular complexity index is 611. The molecule has 1 unspecified atom stereocenters. The fraction of sp³-hybridized carbons (Fsp3) is 0.438. The first kappa shape index (κ1) is 13.2. The standard InChI is InChI=1S/C16H19NO3/c18-16(19)13-6-5-12-7-9-17(15(12)11-13)8-1-3-14-4-2-10-20-14/h5-7,9,11,14H,1-4,8,10H2,(H,18,19). The van der Waals surface area contributed by atoms with Crippen LogP contribution < -0.4 is 0 Å². The van der Waals surface area contributed by atoms with Gasteiger partial charge in [-0.25, -0.2) is 4.79 Å². The molecule has 4 heteroatoms. The molecule has 1 fully saturated rings. The Labute approximate surface area is 118 Å². The number of hydrogen-bond donors (Lipinski definition) is 1. The van der Waals surface area contributed by atoms with Gasteiger partial charge in [-0.05, 0) is 49.3 Å². The van der Waals surface area contributed by atoms with Crippen molar-refractivity contribution < 1.29 is 14.6 Å². The zero-order chi connectivity index (χ0) is 13.9. The summed E-state index contributed by atoms with van der Waals surface area (Å²) >= 11 is 0. The van der Waals surface area contributed by atoms with Gasteiger partial charge in [-0.3, -0.25) is 0 Å². The second kappa shape index (κ2) is 5.67. The van der Waals surface area contributed by atoms with E-state index in [0.717, 1.165) is 36.9 Å². The van der Waals surface area contributed by atoms with E-state index >= 15 is 0 Å². The molecule has 1 N–H and O–H groups in total. The number of carbonyl (C=O) groups is 1. The summed E-state index contributed by atoms with van der Waals surface area (Å²) in [6.07, 6.45) is 6.95. The first-order chi connectivity index (χ1) is 9.74. The minimum Gasteiger partial charge on any atom is -0.478 e. The molecule has 3 rings (SSSR count). The first-order valence-corrected chi connectivity index (χ1v) is 7.18. The van der Waals surface area contributed by atoms with Crippen LogP contribution in [0.1, 0.15) is 36.0 Å². The van der Waals surface area contributed by atoms with Crippen LogP contribution in [0.5, 0.6) is 0 Å². The molecule has 0 bridgehead atoms. The molecule has 0 aliphatic carbocycles. The third-order valence-corrected chi connectivity index (χ3v) is 3.97. The maximum Gasteiger partial charge on any atom is 0.335 e. The summed E-state index contributed by atoms with van der Waals surface area (Å²) in [5, 5.41) is 10.2. The second-order valence-electron chi connectivity index (χ2n) is 5.37. The van der Waals surface area contributed by atoms with Crippen molar-refractivity contribution in [3.8, 4) is 0 Å². The lowest BCUT2D eigenvalue weighted by Crippen LogP contribution is -2.07. The number of ether oxygens (including phenoxy) is 1. The Kier molecular flexibility index (Phi) is 3.74. The molecule has 2 heterocycles. The molecule has 0 radical (unpaired) electrons. The van der Waals surface area contributed by atoms with E-state index in [1.54, 1.807) is 12.1 Å². The van der Waals surface area contributed by atoms with Crippen molar-refractivity contribution in [3.63, 3.8) is 0 Å². The molecule has 1 aliphatic heterocycles. The highest BCUT2D eigenvalue weighted by atomic mass is 16.5. The first-order valence-electron chi connectivity index (χ1n) is 7.18. The largest absolute Gasteiger partial charge is 0.478 e. The molecule has 1 aromatic heterocycles. The van der Waals surface area contributed by atoms with Crippen LogP contribution in [0.2, 0.25) is 0 Å². The van der Waals surface area contributed by atoms with Crippen molar-refractivity contribution in [2.45, 2.75) is 38.3 Å². The summed E-state index contributed by atoms with van der Waals surface area (Å²) in [5.41, 5.74) is 1.34.